The number of ether oxygens (including phenoxy) is 1. The summed E-state index contributed by atoms with van der Waals surface area (Å²) in [7, 11) is 1.61. The van der Waals surface area contributed by atoms with Crippen LogP contribution in [0.5, 0.6) is 5.75 Å². The predicted octanol–water partition coefficient (Wildman–Crippen LogP) is 3.44. The van der Waals surface area contributed by atoms with Gasteiger partial charge in [-0.3, -0.25) is 0 Å². The SMILES string of the molecule is CC(C)Oc1cc(N(C)CCC(F)(F)F)ccc1N. The smallest absolute Gasteiger partial charge is 0.390 e. The van der Waals surface area contributed by atoms with E-state index in [-0.39, 0.29) is 12.6 Å². The highest BCUT2D eigenvalue weighted by Gasteiger charge is 2.27. The summed E-state index contributed by atoms with van der Waals surface area (Å²) >= 11 is 0. The van der Waals surface area contributed by atoms with Crippen LogP contribution in [0.1, 0.15) is 20.3 Å². The highest BCUT2D eigenvalue weighted by atomic mass is 19.4. The summed E-state index contributed by atoms with van der Waals surface area (Å²) < 4.78 is 42.0. The summed E-state index contributed by atoms with van der Waals surface area (Å²) in [6, 6.07) is 4.97. The van der Waals surface area contributed by atoms with Gasteiger partial charge in [0.05, 0.1) is 18.2 Å². The molecule has 6 heteroatoms. The lowest BCUT2D eigenvalue weighted by molar-refractivity contribution is -0.132. The van der Waals surface area contributed by atoms with Crippen molar-refractivity contribution in [1.29, 1.82) is 0 Å². The summed E-state index contributed by atoms with van der Waals surface area (Å²) in [4.78, 5) is 1.53. The Bertz CT molecular complexity index is 419. The molecule has 0 fully saturated rings. The van der Waals surface area contributed by atoms with Crippen LogP contribution in [0.4, 0.5) is 24.5 Å². The van der Waals surface area contributed by atoms with Crippen LogP contribution in [-0.2, 0) is 0 Å². The van der Waals surface area contributed by atoms with E-state index in [0.717, 1.165) is 0 Å². The number of alkyl halides is 3. The van der Waals surface area contributed by atoms with Crippen molar-refractivity contribution in [3.05, 3.63) is 18.2 Å². The third-order valence-electron chi connectivity index (χ3n) is 2.53. The molecule has 0 saturated carbocycles. The molecule has 0 unspecified atom stereocenters. The molecule has 19 heavy (non-hydrogen) atoms. The molecule has 0 aliphatic carbocycles. The molecule has 2 N–H and O–H groups in total. The van der Waals surface area contributed by atoms with Gasteiger partial charge in [-0.25, -0.2) is 0 Å². The molecule has 1 rings (SSSR count). The van der Waals surface area contributed by atoms with E-state index in [2.05, 4.69) is 0 Å². The normalized spacial score (nSPS) is 11.7. The zero-order valence-electron chi connectivity index (χ0n) is 11.3. The fourth-order valence-electron chi connectivity index (χ4n) is 1.54. The van der Waals surface area contributed by atoms with Crippen LogP contribution in [0.15, 0.2) is 18.2 Å². The van der Waals surface area contributed by atoms with E-state index in [1.165, 1.54) is 4.90 Å². The summed E-state index contributed by atoms with van der Waals surface area (Å²) in [5.41, 5.74) is 6.88. The maximum absolute atomic E-state index is 12.2. The van der Waals surface area contributed by atoms with E-state index in [1.807, 2.05) is 13.8 Å². The van der Waals surface area contributed by atoms with Crippen molar-refractivity contribution in [2.45, 2.75) is 32.5 Å². The molecule has 108 valence electrons. The van der Waals surface area contributed by atoms with Gasteiger partial charge in [0.15, 0.2) is 0 Å². The summed E-state index contributed by atoms with van der Waals surface area (Å²) in [5.74, 6) is 0.492. The predicted molar refractivity (Wildman–Crippen MR) is 70.6 cm³/mol. The second kappa shape index (κ2) is 6.04. The van der Waals surface area contributed by atoms with Crippen LogP contribution >= 0.6 is 0 Å². The van der Waals surface area contributed by atoms with Crippen LogP contribution in [-0.4, -0.2) is 25.9 Å². The van der Waals surface area contributed by atoms with E-state index in [9.17, 15) is 13.2 Å². The molecule has 0 spiro atoms. The van der Waals surface area contributed by atoms with Crippen LogP contribution in [0.2, 0.25) is 0 Å². The first-order valence-corrected chi connectivity index (χ1v) is 6.03. The van der Waals surface area contributed by atoms with E-state index in [4.69, 9.17) is 10.5 Å². The zero-order valence-corrected chi connectivity index (χ0v) is 11.3. The monoisotopic (exact) mass is 276 g/mol. The Labute approximate surface area is 111 Å². The molecule has 0 radical (unpaired) electrons. The Hall–Kier alpha value is -1.59. The van der Waals surface area contributed by atoms with Crippen molar-refractivity contribution >= 4 is 11.4 Å². The number of nitrogens with zero attached hydrogens (tertiary/aromatic N) is 1. The molecule has 0 amide bonds. The first-order chi connectivity index (χ1) is 8.69. The topological polar surface area (TPSA) is 38.5 Å². The van der Waals surface area contributed by atoms with Gasteiger partial charge in [0.1, 0.15) is 5.75 Å². The molecular formula is C13H19F3N2O. The minimum Gasteiger partial charge on any atom is -0.489 e. The summed E-state index contributed by atoms with van der Waals surface area (Å²) in [5, 5.41) is 0. The van der Waals surface area contributed by atoms with Crippen molar-refractivity contribution in [3.63, 3.8) is 0 Å². The fraction of sp³-hybridized carbons (Fsp3) is 0.538. The Balaban J connectivity index is 2.77. The van der Waals surface area contributed by atoms with Gasteiger partial charge in [0.25, 0.3) is 0 Å². The molecular weight excluding hydrogens is 257 g/mol. The largest absolute Gasteiger partial charge is 0.489 e. The zero-order chi connectivity index (χ0) is 14.6. The Morgan fingerprint density at radius 2 is 1.95 bits per heavy atom. The van der Waals surface area contributed by atoms with Crippen molar-refractivity contribution in [2.75, 3.05) is 24.2 Å². The minimum atomic E-state index is -4.15. The fourth-order valence-corrected chi connectivity index (χ4v) is 1.54. The molecule has 1 aromatic rings. The maximum Gasteiger partial charge on any atom is 0.390 e. The Kier molecular flexibility index (Phi) is 4.91. The van der Waals surface area contributed by atoms with Gasteiger partial charge in [-0.1, -0.05) is 0 Å². The third kappa shape index (κ3) is 5.28. The summed E-state index contributed by atoms with van der Waals surface area (Å²) in [6.45, 7) is 3.62. The van der Waals surface area contributed by atoms with Crippen LogP contribution in [0, 0.1) is 0 Å². The van der Waals surface area contributed by atoms with Crippen molar-refractivity contribution in [1.82, 2.24) is 0 Å². The standard InChI is InChI=1S/C13H19F3N2O/c1-9(2)19-12-8-10(4-5-11(12)17)18(3)7-6-13(14,15)16/h4-5,8-9H,6-7,17H2,1-3H3. The lowest BCUT2D eigenvalue weighted by atomic mass is 10.2. The van der Waals surface area contributed by atoms with Crippen molar-refractivity contribution < 1.29 is 17.9 Å². The van der Waals surface area contributed by atoms with Crippen LogP contribution < -0.4 is 15.4 Å². The highest BCUT2D eigenvalue weighted by molar-refractivity contribution is 5.62. The molecule has 1 aromatic carbocycles. The Morgan fingerprint density at radius 1 is 1.32 bits per heavy atom. The number of rotatable bonds is 5. The van der Waals surface area contributed by atoms with Gasteiger partial charge in [-0.05, 0) is 26.0 Å². The van der Waals surface area contributed by atoms with E-state index in [0.29, 0.717) is 17.1 Å². The number of nitrogen functional groups attached to an aromatic ring is 1. The molecule has 0 saturated heterocycles. The number of anilines is 2. The molecule has 0 heterocycles. The van der Waals surface area contributed by atoms with E-state index >= 15 is 0 Å². The number of halogens is 3. The molecule has 0 aliphatic heterocycles. The first kappa shape index (κ1) is 15.5. The maximum atomic E-state index is 12.2. The van der Waals surface area contributed by atoms with Gasteiger partial charge in [0.2, 0.25) is 0 Å². The average molecular weight is 276 g/mol. The Morgan fingerprint density at radius 3 is 2.47 bits per heavy atom. The number of nitrogens with two attached hydrogens (primary N) is 1. The van der Waals surface area contributed by atoms with Crippen LogP contribution in [0.25, 0.3) is 0 Å². The molecule has 0 aromatic heterocycles. The highest BCUT2D eigenvalue weighted by Crippen LogP contribution is 2.29. The molecule has 0 aliphatic rings. The quantitative estimate of drug-likeness (QED) is 0.837. The number of benzene rings is 1. The third-order valence-corrected chi connectivity index (χ3v) is 2.53. The second-order valence-corrected chi connectivity index (χ2v) is 4.68. The molecule has 0 atom stereocenters. The number of hydrogen-bond acceptors (Lipinski definition) is 3. The van der Waals surface area contributed by atoms with Crippen molar-refractivity contribution in [2.24, 2.45) is 0 Å². The van der Waals surface area contributed by atoms with E-state index in [1.54, 1.807) is 25.2 Å². The van der Waals surface area contributed by atoms with Crippen molar-refractivity contribution in [3.8, 4) is 5.75 Å². The average Bonchev–Trinajstić information content (AvgIpc) is 2.27. The minimum absolute atomic E-state index is 0.0435. The molecule has 3 nitrogen and oxygen atoms in total. The van der Waals surface area contributed by atoms with Gasteiger partial charge in [0, 0.05) is 25.3 Å². The van der Waals surface area contributed by atoms with Crippen LogP contribution in [0.3, 0.4) is 0 Å². The lowest BCUT2D eigenvalue weighted by Gasteiger charge is -2.22. The second-order valence-electron chi connectivity index (χ2n) is 4.68. The molecule has 0 bridgehead atoms. The van der Waals surface area contributed by atoms with E-state index < -0.39 is 12.6 Å². The lowest BCUT2D eigenvalue weighted by Crippen LogP contribution is -2.24. The van der Waals surface area contributed by atoms with Gasteiger partial charge in [-0.2, -0.15) is 13.2 Å². The first-order valence-electron chi connectivity index (χ1n) is 6.03. The van der Waals surface area contributed by atoms with Gasteiger partial charge < -0.3 is 15.4 Å². The summed E-state index contributed by atoms with van der Waals surface area (Å²) in [6.07, 6.45) is -5.05. The van der Waals surface area contributed by atoms with Gasteiger partial charge in [-0.15, -0.1) is 0 Å². The number of hydrogen-bond donors (Lipinski definition) is 1. The van der Waals surface area contributed by atoms with Gasteiger partial charge >= 0.3 is 6.18 Å².